The molecule has 2 atom stereocenters. The highest BCUT2D eigenvalue weighted by Crippen LogP contribution is 2.38. The van der Waals surface area contributed by atoms with Crippen molar-refractivity contribution in [3.63, 3.8) is 0 Å². The van der Waals surface area contributed by atoms with Crippen molar-refractivity contribution in [2.24, 2.45) is 0 Å². The third kappa shape index (κ3) is 2.27. The van der Waals surface area contributed by atoms with E-state index in [9.17, 15) is 4.79 Å². The number of ether oxygens (including phenoxy) is 2. The Hall–Kier alpha value is -1.55. The molecule has 0 saturated carbocycles. The van der Waals surface area contributed by atoms with Gasteiger partial charge >= 0.3 is 5.97 Å². The second kappa shape index (κ2) is 3.90. The van der Waals surface area contributed by atoms with Crippen LogP contribution in [0.1, 0.15) is 18.8 Å². The second-order valence-electron chi connectivity index (χ2n) is 3.49. The smallest absolute Gasteiger partial charge is 0.333 e. The molecule has 0 amide bonds. The van der Waals surface area contributed by atoms with Crippen molar-refractivity contribution < 1.29 is 18.7 Å². The molecule has 1 saturated heterocycles. The van der Waals surface area contributed by atoms with Gasteiger partial charge in [0.25, 0.3) is 0 Å². The Morgan fingerprint density at radius 1 is 1.67 bits per heavy atom. The summed E-state index contributed by atoms with van der Waals surface area (Å²) in [6, 6.07) is 3.64. The van der Waals surface area contributed by atoms with Gasteiger partial charge in [-0.2, -0.15) is 0 Å². The first-order valence-electron chi connectivity index (χ1n) is 4.70. The number of hydrogen-bond acceptors (Lipinski definition) is 4. The molecule has 0 bridgehead atoms. The van der Waals surface area contributed by atoms with E-state index in [1.807, 2.05) is 6.07 Å². The van der Waals surface area contributed by atoms with Crippen LogP contribution < -0.4 is 0 Å². The van der Waals surface area contributed by atoms with E-state index < -0.39 is 0 Å². The number of carbonyl (C=O) groups is 1. The van der Waals surface area contributed by atoms with E-state index in [1.165, 1.54) is 0 Å². The molecule has 0 N–H and O–H groups in total. The number of furan rings is 1. The van der Waals surface area contributed by atoms with Crippen LogP contribution in [0.5, 0.6) is 0 Å². The number of carbonyl (C=O) groups excluding carboxylic acids is 1. The molecular formula is C11H12O4. The van der Waals surface area contributed by atoms with Gasteiger partial charge in [-0.15, -0.1) is 0 Å². The van der Waals surface area contributed by atoms with Gasteiger partial charge in [0.2, 0.25) is 0 Å². The molecule has 0 radical (unpaired) electrons. The van der Waals surface area contributed by atoms with Crippen LogP contribution in [-0.4, -0.2) is 18.7 Å². The maximum atomic E-state index is 11.1. The van der Waals surface area contributed by atoms with Crippen molar-refractivity contribution in [3.8, 4) is 0 Å². The summed E-state index contributed by atoms with van der Waals surface area (Å²) >= 11 is 0. The summed E-state index contributed by atoms with van der Waals surface area (Å²) in [6.45, 7) is 5.35. The molecule has 0 spiro atoms. The number of epoxide rings is 1. The third-order valence-corrected chi connectivity index (χ3v) is 2.13. The standard InChI is InChI=1S/C11H12O4/c1-7(2)11(12)14-6-9-10(15-9)8-4-3-5-13-8/h3-5,9-10H,1,6H2,2H3. The summed E-state index contributed by atoms with van der Waals surface area (Å²) in [5.41, 5.74) is 0.394. The second-order valence-corrected chi connectivity index (χ2v) is 3.49. The van der Waals surface area contributed by atoms with Gasteiger partial charge in [-0.3, -0.25) is 0 Å². The van der Waals surface area contributed by atoms with Crippen LogP contribution >= 0.6 is 0 Å². The molecular weight excluding hydrogens is 196 g/mol. The lowest BCUT2D eigenvalue weighted by Gasteiger charge is -2.00. The van der Waals surface area contributed by atoms with E-state index >= 15 is 0 Å². The largest absolute Gasteiger partial charge is 0.466 e. The topological polar surface area (TPSA) is 52.0 Å². The number of hydrogen-bond donors (Lipinski definition) is 0. The zero-order chi connectivity index (χ0) is 10.8. The molecule has 15 heavy (non-hydrogen) atoms. The molecule has 2 unspecified atom stereocenters. The average Bonchev–Trinajstić information content (AvgIpc) is 2.76. The maximum absolute atomic E-state index is 11.1. The minimum atomic E-state index is -0.385. The normalized spacial score (nSPS) is 23.5. The van der Waals surface area contributed by atoms with Gasteiger partial charge in [0, 0.05) is 5.57 Å². The predicted molar refractivity (Wildman–Crippen MR) is 52.1 cm³/mol. The Morgan fingerprint density at radius 2 is 2.47 bits per heavy atom. The summed E-state index contributed by atoms with van der Waals surface area (Å²) in [6.07, 6.45) is 1.44. The third-order valence-electron chi connectivity index (χ3n) is 2.13. The number of rotatable bonds is 4. The van der Waals surface area contributed by atoms with Crippen molar-refractivity contribution in [3.05, 3.63) is 36.3 Å². The fourth-order valence-corrected chi connectivity index (χ4v) is 1.25. The first kappa shape index (κ1) is 9.98. The molecule has 0 aliphatic carbocycles. The van der Waals surface area contributed by atoms with Gasteiger partial charge in [0.1, 0.15) is 24.6 Å². The maximum Gasteiger partial charge on any atom is 0.333 e. The van der Waals surface area contributed by atoms with E-state index in [1.54, 1.807) is 19.3 Å². The number of esters is 1. The SMILES string of the molecule is C=C(C)C(=O)OCC1OC1c1ccco1. The van der Waals surface area contributed by atoms with Crippen LogP contribution in [0.25, 0.3) is 0 Å². The Labute approximate surface area is 87.5 Å². The Balaban J connectivity index is 1.76. The van der Waals surface area contributed by atoms with E-state index in [-0.39, 0.29) is 24.8 Å². The molecule has 2 heterocycles. The molecule has 2 rings (SSSR count). The van der Waals surface area contributed by atoms with Gasteiger partial charge < -0.3 is 13.9 Å². The lowest BCUT2D eigenvalue weighted by atomic mass is 10.2. The van der Waals surface area contributed by atoms with E-state index in [4.69, 9.17) is 13.9 Å². The fraction of sp³-hybridized carbons (Fsp3) is 0.364. The van der Waals surface area contributed by atoms with Crippen LogP contribution in [0, 0.1) is 0 Å². The minimum Gasteiger partial charge on any atom is -0.466 e. The molecule has 80 valence electrons. The lowest BCUT2D eigenvalue weighted by molar-refractivity contribution is -0.139. The molecule has 1 fully saturated rings. The zero-order valence-electron chi connectivity index (χ0n) is 8.43. The first-order valence-corrected chi connectivity index (χ1v) is 4.70. The summed E-state index contributed by atoms with van der Waals surface area (Å²) in [5.74, 6) is 0.384. The monoisotopic (exact) mass is 208 g/mol. The Morgan fingerprint density at radius 3 is 3.07 bits per heavy atom. The van der Waals surface area contributed by atoms with Crippen molar-refractivity contribution >= 4 is 5.97 Å². The predicted octanol–water partition coefficient (Wildman–Crippen LogP) is 1.84. The summed E-state index contributed by atoms with van der Waals surface area (Å²) < 4.78 is 15.4. The van der Waals surface area contributed by atoms with Crippen LogP contribution in [0.3, 0.4) is 0 Å². The van der Waals surface area contributed by atoms with Gasteiger partial charge in [0.15, 0.2) is 0 Å². The highest BCUT2D eigenvalue weighted by atomic mass is 16.6. The van der Waals surface area contributed by atoms with E-state index in [2.05, 4.69) is 6.58 Å². The quantitative estimate of drug-likeness (QED) is 0.430. The Bertz CT molecular complexity index is 366. The molecule has 1 aromatic heterocycles. The minimum absolute atomic E-state index is 0.0714. The molecule has 1 aromatic rings. The van der Waals surface area contributed by atoms with Crippen LogP contribution in [0.4, 0.5) is 0 Å². The molecule has 1 aliphatic heterocycles. The van der Waals surface area contributed by atoms with Crippen molar-refractivity contribution in [2.45, 2.75) is 19.1 Å². The highest BCUT2D eigenvalue weighted by molar-refractivity contribution is 5.86. The van der Waals surface area contributed by atoms with E-state index in [0.29, 0.717) is 5.57 Å². The van der Waals surface area contributed by atoms with Crippen molar-refractivity contribution in [1.82, 2.24) is 0 Å². The molecule has 1 aliphatic rings. The highest BCUT2D eigenvalue weighted by Gasteiger charge is 2.43. The average molecular weight is 208 g/mol. The fourth-order valence-electron chi connectivity index (χ4n) is 1.25. The van der Waals surface area contributed by atoms with Crippen molar-refractivity contribution in [1.29, 1.82) is 0 Å². The molecule has 4 nitrogen and oxygen atoms in total. The molecule has 0 aromatic carbocycles. The van der Waals surface area contributed by atoms with Crippen LogP contribution in [0.2, 0.25) is 0 Å². The van der Waals surface area contributed by atoms with Crippen LogP contribution in [0.15, 0.2) is 35.0 Å². The summed E-state index contributed by atoms with van der Waals surface area (Å²) in [7, 11) is 0. The molecule has 4 heteroatoms. The van der Waals surface area contributed by atoms with Crippen molar-refractivity contribution in [2.75, 3.05) is 6.61 Å². The van der Waals surface area contributed by atoms with Gasteiger partial charge in [0.05, 0.1) is 6.26 Å². The Kier molecular flexibility index (Phi) is 2.60. The summed E-state index contributed by atoms with van der Waals surface area (Å²) in [5, 5.41) is 0. The van der Waals surface area contributed by atoms with E-state index in [0.717, 1.165) is 5.76 Å². The first-order chi connectivity index (χ1) is 7.18. The zero-order valence-corrected chi connectivity index (χ0v) is 8.43. The summed E-state index contributed by atoms with van der Waals surface area (Å²) in [4.78, 5) is 11.1. The van der Waals surface area contributed by atoms with Gasteiger partial charge in [-0.05, 0) is 19.1 Å². The lowest BCUT2D eigenvalue weighted by Crippen LogP contribution is -2.10. The van der Waals surface area contributed by atoms with Gasteiger partial charge in [-0.1, -0.05) is 6.58 Å². The van der Waals surface area contributed by atoms with Gasteiger partial charge in [-0.25, -0.2) is 4.79 Å². The van der Waals surface area contributed by atoms with Crippen LogP contribution in [-0.2, 0) is 14.3 Å².